The van der Waals surface area contributed by atoms with Crippen molar-refractivity contribution in [3.8, 4) is 10.7 Å². The van der Waals surface area contributed by atoms with E-state index in [2.05, 4.69) is 15.9 Å². The first-order valence-electron chi connectivity index (χ1n) is 9.01. The predicted octanol–water partition coefficient (Wildman–Crippen LogP) is 5.52. The highest BCUT2D eigenvalue weighted by atomic mass is 79.9. The molecule has 0 amide bonds. The van der Waals surface area contributed by atoms with Crippen molar-refractivity contribution in [3.63, 3.8) is 0 Å². The van der Waals surface area contributed by atoms with E-state index in [1.807, 2.05) is 42.5 Å². The van der Waals surface area contributed by atoms with Crippen LogP contribution in [0.5, 0.6) is 0 Å². The van der Waals surface area contributed by atoms with Gasteiger partial charge in [-0.2, -0.15) is 0 Å². The fourth-order valence-corrected chi connectivity index (χ4v) is 6.24. The molecule has 0 bridgehead atoms. The maximum atomic E-state index is 13.6. The number of hydrogen-bond acceptors (Lipinski definition) is 5. The summed E-state index contributed by atoms with van der Waals surface area (Å²) < 4.78 is 2.74. The molecule has 4 aromatic rings. The summed E-state index contributed by atoms with van der Waals surface area (Å²) in [5, 5.41) is 0.628. The van der Waals surface area contributed by atoms with Crippen LogP contribution in [0.2, 0.25) is 0 Å². The predicted molar refractivity (Wildman–Crippen MR) is 118 cm³/mol. The average Bonchev–Trinajstić information content (AvgIpc) is 3.29. The molecule has 28 heavy (non-hydrogen) atoms. The quantitative estimate of drug-likeness (QED) is 0.396. The third-order valence-corrected chi connectivity index (χ3v) is 7.76. The molecule has 1 aliphatic carbocycles. The first-order valence-corrected chi connectivity index (χ1v) is 11.4. The molecular weight excluding hydrogens is 456 g/mol. The molecule has 0 N–H and O–H groups in total. The number of fused-ring (bicyclic) bond motifs is 3. The summed E-state index contributed by atoms with van der Waals surface area (Å²) >= 11 is 6.43. The van der Waals surface area contributed by atoms with Crippen molar-refractivity contribution in [3.05, 3.63) is 72.6 Å². The van der Waals surface area contributed by atoms with E-state index in [4.69, 9.17) is 4.98 Å². The third-order valence-electron chi connectivity index (χ3n) is 4.97. The van der Waals surface area contributed by atoms with Crippen molar-refractivity contribution >= 4 is 54.6 Å². The topological polar surface area (TPSA) is 52.0 Å². The second-order valence-electron chi connectivity index (χ2n) is 6.78. The van der Waals surface area contributed by atoms with Crippen LogP contribution in [-0.4, -0.2) is 15.3 Å². The fraction of sp³-hybridized carbons (Fsp3) is 0.190. The molecule has 7 heteroatoms. The zero-order valence-corrected chi connectivity index (χ0v) is 18.0. The SMILES string of the molecule is O=C1CCCc2c1sc1nc(-c3ccc(Br)s3)n(Cc3ccccc3)c(=O)c21. The van der Waals surface area contributed by atoms with Crippen LogP contribution in [0.3, 0.4) is 0 Å². The van der Waals surface area contributed by atoms with Crippen molar-refractivity contribution < 1.29 is 4.79 Å². The number of aryl methyl sites for hydroxylation is 1. The Labute approximate surface area is 177 Å². The van der Waals surface area contributed by atoms with Crippen molar-refractivity contribution in [1.82, 2.24) is 9.55 Å². The van der Waals surface area contributed by atoms with Gasteiger partial charge < -0.3 is 0 Å². The van der Waals surface area contributed by atoms with E-state index in [0.717, 1.165) is 37.5 Å². The first kappa shape index (κ1) is 18.0. The van der Waals surface area contributed by atoms with Gasteiger partial charge in [0, 0.05) is 6.42 Å². The Morgan fingerprint density at radius 2 is 1.86 bits per heavy atom. The van der Waals surface area contributed by atoms with E-state index in [0.29, 0.717) is 29.0 Å². The lowest BCUT2D eigenvalue weighted by Gasteiger charge is -2.13. The van der Waals surface area contributed by atoms with Gasteiger partial charge in [-0.25, -0.2) is 4.98 Å². The van der Waals surface area contributed by atoms with Crippen molar-refractivity contribution in [2.24, 2.45) is 0 Å². The van der Waals surface area contributed by atoms with Gasteiger partial charge in [0.15, 0.2) is 11.6 Å². The van der Waals surface area contributed by atoms with Crippen LogP contribution >= 0.6 is 38.6 Å². The lowest BCUT2D eigenvalue weighted by Crippen LogP contribution is -2.24. The van der Waals surface area contributed by atoms with E-state index in [1.165, 1.54) is 11.3 Å². The second kappa shape index (κ2) is 7.06. The Bertz CT molecular complexity index is 1270. The van der Waals surface area contributed by atoms with Gasteiger partial charge in [-0.15, -0.1) is 22.7 Å². The second-order valence-corrected chi connectivity index (χ2v) is 10.2. The molecule has 1 aromatic carbocycles. The molecule has 4 nitrogen and oxygen atoms in total. The number of rotatable bonds is 3. The number of ketones is 1. The van der Waals surface area contributed by atoms with Crippen molar-refractivity contribution in [2.75, 3.05) is 0 Å². The Balaban J connectivity index is 1.80. The lowest BCUT2D eigenvalue weighted by molar-refractivity contribution is 0.0977. The standard InChI is InChI=1S/C21H15BrN2O2S2/c22-16-10-9-15(27-16)19-23-20-17(13-7-4-8-14(25)18(13)28-20)21(26)24(19)11-12-5-2-1-3-6-12/h1-3,5-6,9-10H,4,7-8,11H2. The molecule has 3 heterocycles. The molecular formula is C21H15BrN2O2S2. The number of thiophene rings is 2. The average molecular weight is 471 g/mol. The number of Topliss-reactive ketones (excluding diaryl/α,β-unsaturated/α-hetero) is 1. The van der Waals surface area contributed by atoms with Crippen LogP contribution in [-0.2, 0) is 13.0 Å². The van der Waals surface area contributed by atoms with Gasteiger partial charge in [0.05, 0.1) is 25.5 Å². The van der Waals surface area contributed by atoms with Gasteiger partial charge in [-0.05, 0) is 52.0 Å². The van der Waals surface area contributed by atoms with Gasteiger partial charge in [-0.3, -0.25) is 14.2 Å². The molecule has 0 fully saturated rings. The number of halogens is 1. The summed E-state index contributed by atoms with van der Waals surface area (Å²) in [7, 11) is 0. The molecule has 0 radical (unpaired) electrons. The normalized spacial score (nSPS) is 13.8. The fourth-order valence-electron chi connectivity index (χ4n) is 3.68. The number of carbonyl (C=O) groups excluding carboxylic acids is 1. The molecule has 140 valence electrons. The van der Waals surface area contributed by atoms with Crippen LogP contribution in [0.25, 0.3) is 20.9 Å². The van der Waals surface area contributed by atoms with Gasteiger partial charge in [0.2, 0.25) is 0 Å². The molecule has 0 aliphatic heterocycles. The highest BCUT2D eigenvalue weighted by Crippen LogP contribution is 2.36. The number of nitrogens with zero attached hydrogens (tertiary/aromatic N) is 2. The Morgan fingerprint density at radius 1 is 1.04 bits per heavy atom. The summed E-state index contributed by atoms with van der Waals surface area (Å²) in [5.41, 5.74) is 1.89. The van der Waals surface area contributed by atoms with Crippen molar-refractivity contribution in [2.45, 2.75) is 25.8 Å². The van der Waals surface area contributed by atoms with Gasteiger partial charge >= 0.3 is 0 Å². The Kier molecular flexibility index (Phi) is 4.53. The minimum Gasteiger partial charge on any atom is -0.293 e. The van der Waals surface area contributed by atoms with Crippen molar-refractivity contribution in [1.29, 1.82) is 0 Å². The smallest absolute Gasteiger partial charge is 0.263 e. The Hall–Kier alpha value is -2.09. The van der Waals surface area contributed by atoms with E-state index < -0.39 is 0 Å². The van der Waals surface area contributed by atoms with Crippen LogP contribution in [0.4, 0.5) is 0 Å². The number of hydrogen-bond donors (Lipinski definition) is 0. The van der Waals surface area contributed by atoms with Crippen LogP contribution in [0, 0.1) is 0 Å². The monoisotopic (exact) mass is 470 g/mol. The zero-order chi connectivity index (χ0) is 19.3. The van der Waals surface area contributed by atoms with E-state index in [-0.39, 0.29) is 11.3 Å². The zero-order valence-electron chi connectivity index (χ0n) is 14.8. The maximum absolute atomic E-state index is 13.6. The molecule has 0 spiro atoms. The molecule has 5 rings (SSSR count). The molecule has 0 saturated heterocycles. The van der Waals surface area contributed by atoms with Gasteiger partial charge in [0.1, 0.15) is 4.83 Å². The third kappa shape index (κ3) is 2.98. The number of aromatic nitrogens is 2. The van der Waals surface area contributed by atoms with E-state index in [1.54, 1.807) is 15.9 Å². The van der Waals surface area contributed by atoms with Gasteiger partial charge in [0.25, 0.3) is 5.56 Å². The maximum Gasteiger partial charge on any atom is 0.263 e. The largest absolute Gasteiger partial charge is 0.293 e. The molecule has 0 atom stereocenters. The number of benzene rings is 1. The highest BCUT2D eigenvalue weighted by molar-refractivity contribution is 9.11. The number of carbonyl (C=O) groups is 1. The lowest BCUT2D eigenvalue weighted by atomic mass is 9.96. The summed E-state index contributed by atoms with van der Waals surface area (Å²) in [6.07, 6.45) is 2.13. The molecule has 3 aromatic heterocycles. The van der Waals surface area contributed by atoms with Crippen LogP contribution in [0.1, 0.15) is 33.6 Å². The summed E-state index contributed by atoms with van der Waals surface area (Å²) in [4.78, 5) is 33.2. The molecule has 0 saturated carbocycles. The molecule has 1 aliphatic rings. The summed E-state index contributed by atoms with van der Waals surface area (Å²) in [6.45, 7) is 0.450. The summed E-state index contributed by atoms with van der Waals surface area (Å²) in [5.74, 6) is 0.793. The van der Waals surface area contributed by atoms with E-state index >= 15 is 0 Å². The van der Waals surface area contributed by atoms with Crippen LogP contribution in [0.15, 0.2) is 51.0 Å². The Morgan fingerprint density at radius 3 is 2.61 bits per heavy atom. The minimum atomic E-state index is -0.0550. The van der Waals surface area contributed by atoms with Crippen LogP contribution < -0.4 is 5.56 Å². The van der Waals surface area contributed by atoms with E-state index in [9.17, 15) is 9.59 Å². The first-order chi connectivity index (χ1) is 13.6. The minimum absolute atomic E-state index is 0.0550. The summed E-state index contributed by atoms with van der Waals surface area (Å²) in [6, 6.07) is 13.9. The molecule has 0 unspecified atom stereocenters. The van der Waals surface area contributed by atoms with Gasteiger partial charge in [-0.1, -0.05) is 30.3 Å². The highest BCUT2D eigenvalue weighted by Gasteiger charge is 2.27.